The van der Waals surface area contributed by atoms with E-state index in [4.69, 9.17) is 11.6 Å². The van der Waals surface area contributed by atoms with Crippen molar-refractivity contribution >= 4 is 29.0 Å². The molecule has 2 aromatic carbocycles. The van der Waals surface area contributed by atoms with Crippen LogP contribution in [0.4, 0.5) is 0 Å². The highest BCUT2D eigenvalue weighted by Gasteiger charge is 2.57. The van der Waals surface area contributed by atoms with Crippen molar-refractivity contribution in [3.8, 4) is 0 Å². The molecule has 3 rings (SSSR count). The monoisotopic (exact) mass is 354 g/mol. The average molecular weight is 355 g/mol. The summed E-state index contributed by atoms with van der Waals surface area (Å²) in [6.45, 7) is 3.61. The van der Waals surface area contributed by atoms with Gasteiger partial charge in [-0.05, 0) is 5.56 Å². The molecule has 0 amide bonds. The lowest BCUT2D eigenvalue weighted by Gasteiger charge is -2.29. The van der Waals surface area contributed by atoms with Gasteiger partial charge in [-0.3, -0.25) is 14.4 Å². The molecule has 1 aliphatic rings. The van der Waals surface area contributed by atoms with E-state index in [0.717, 1.165) is 5.56 Å². The van der Waals surface area contributed by atoms with Gasteiger partial charge in [0, 0.05) is 29.4 Å². The van der Waals surface area contributed by atoms with Gasteiger partial charge < -0.3 is 0 Å². The molecule has 0 N–H and O–H groups in total. The van der Waals surface area contributed by atoms with Crippen LogP contribution in [0, 0.1) is 5.92 Å². The van der Waals surface area contributed by atoms with E-state index in [1.807, 2.05) is 30.3 Å². The smallest absolute Gasteiger partial charge is 0.193 e. The van der Waals surface area contributed by atoms with E-state index in [2.05, 4.69) is 0 Å². The highest BCUT2D eigenvalue weighted by Crippen LogP contribution is 2.46. The van der Waals surface area contributed by atoms with Gasteiger partial charge in [-0.1, -0.05) is 68.4 Å². The van der Waals surface area contributed by atoms with E-state index in [-0.39, 0.29) is 18.1 Å². The maximum atomic E-state index is 13.0. The molecule has 0 spiro atoms. The Kier molecular flexibility index (Phi) is 4.61. The molecule has 4 heteroatoms. The summed E-state index contributed by atoms with van der Waals surface area (Å²) < 4.78 is 0. The molecule has 0 bridgehead atoms. The van der Waals surface area contributed by atoms with Crippen molar-refractivity contribution in [3.05, 3.63) is 71.3 Å². The van der Waals surface area contributed by atoms with Crippen molar-refractivity contribution < 1.29 is 14.4 Å². The Labute approximate surface area is 152 Å². The zero-order chi connectivity index (χ0) is 18.2. The van der Waals surface area contributed by atoms with Crippen LogP contribution < -0.4 is 0 Å². The number of halogens is 1. The lowest BCUT2D eigenvalue weighted by atomic mass is 9.77. The fourth-order valence-electron chi connectivity index (χ4n) is 3.30. The molecule has 0 fully saturated rings. The molecule has 1 atom stereocenters. The zero-order valence-corrected chi connectivity index (χ0v) is 14.9. The van der Waals surface area contributed by atoms with Gasteiger partial charge in [-0.2, -0.15) is 0 Å². The molecule has 0 aliphatic heterocycles. The molecule has 0 aromatic heterocycles. The van der Waals surface area contributed by atoms with E-state index in [9.17, 15) is 14.4 Å². The number of carbonyl (C=O) groups excluding carboxylic acids is 3. The predicted molar refractivity (Wildman–Crippen MR) is 97.3 cm³/mol. The minimum absolute atomic E-state index is 0.0227. The maximum Gasteiger partial charge on any atom is 0.193 e. The molecule has 0 radical (unpaired) electrons. The van der Waals surface area contributed by atoms with E-state index < -0.39 is 22.4 Å². The fraction of sp³-hybridized carbons (Fsp3) is 0.286. The van der Waals surface area contributed by atoms with Gasteiger partial charge in [0.05, 0.1) is 0 Å². The Morgan fingerprint density at radius 3 is 1.88 bits per heavy atom. The van der Waals surface area contributed by atoms with Gasteiger partial charge in [-0.25, -0.2) is 0 Å². The van der Waals surface area contributed by atoms with Crippen LogP contribution >= 0.6 is 11.6 Å². The first-order valence-corrected chi connectivity index (χ1v) is 8.70. The predicted octanol–water partition coefficient (Wildman–Crippen LogP) is 4.44. The minimum Gasteiger partial charge on any atom is -0.299 e. The van der Waals surface area contributed by atoms with Crippen molar-refractivity contribution in [2.75, 3.05) is 0 Å². The molecule has 0 unspecified atom stereocenters. The lowest BCUT2D eigenvalue weighted by Crippen LogP contribution is -2.42. The third kappa shape index (κ3) is 2.83. The molecule has 1 aliphatic carbocycles. The van der Waals surface area contributed by atoms with E-state index in [1.54, 1.807) is 38.1 Å². The summed E-state index contributed by atoms with van der Waals surface area (Å²) >= 11 is 6.73. The summed E-state index contributed by atoms with van der Waals surface area (Å²) in [5.74, 6) is -1.75. The van der Waals surface area contributed by atoms with Gasteiger partial charge in [-0.15, -0.1) is 11.6 Å². The summed E-state index contributed by atoms with van der Waals surface area (Å²) in [5.41, 5.74) is 1.39. The Hall–Kier alpha value is -2.26. The van der Waals surface area contributed by atoms with Crippen molar-refractivity contribution in [1.82, 2.24) is 0 Å². The van der Waals surface area contributed by atoms with Crippen molar-refractivity contribution in [2.45, 2.75) is 31.1 Å². The second-order valence-electron chi connectivity index (χ2n) is 6.70. The molecule has 0 saturated heterocycles. The molecule has 3 nitrogen and oxygen atoms in total. The number of benzene rings is 2. The number of hydrogen-bond acceptors (Lipinski definition) is 3. The Balaban J connectivity index is 2.12. The third-order valence-corrected chi connectivity index (χ3v) is 5.42. The fourth-order valence-corrected chi connectivity index (χ4v) is 3.71. The van der Waals surface area contributed by atoms with Crippen LogP contribution in [0.2, 0.25) is 0 Å². The normalized spacial score (nSPS) is 16.8. The number of rotatable bonds is 5. The van der Waals surface area contributed by atoms with Crippen LogP contribution in [0.25, 0.3) is 0 Å². The summed E-state index contributed by atoms with van der Waals surface area (Å²) in [7, 11) is 0. The highest BCUT2D eigenvalue weighted by atomic mass is 35.5. The first kappa shape index (κ1) is 17.6. The van der Waals surface area contributed by atoms with Gasteiger partial charge in [0.15, 0.2) is 16.4 Å². The van der Waals surface area contributed by atoms with Crippen LogP contribution in [0.1, 0.15) is 52.5 Å². The van der Waals surface area contributed by atoms with Crippen molar-refractivity contribution in [2.24, 2.45) is 5.92 Å². The topological polar surface area (TPSA) is 51.2 Å². The zero-order valence-electron chi connectivity index (χ0n) is 14.2. The Bertz CT molecular complexity index is 804. The number of fused-ring (bicyclic) bond motifs is 1. The number of Topliss-reactive ketones (excluding diaryl/α,β-unsaturated/α-hetero) is 3. The Morgan fingerprint density at radius 2 is 1.40 bits per heavy atom. The van der Waals surface area contributed by atoms with Gasteiger partial charge in [0.2, 0.25) is 0 Å². The highest BCUT2D eigenvalue weighted by molar-refractivity contribution is 6.55. The lowest BCUT2D eigenvalue weighted by molar-refractivity contribution is -0.122. The molecule has 0 saturated carbocycles. The van der Waals surface area contributed by atoms with E-state index in [0.29, 0.717) is 11.1 Å². The first-order chi connectivity index (χ1) is 11.9. The molecule has 128 valence electrons. The van der Waals surface area contributed by atoms with Crippen molar-refractivity contribution in [3.63, 3.8) is 0 Å². The van der Waals surface area contributed by atoms with Gasteiger partial charge in [0.25, 0.3) is 0 Å². The molecular weight excluding hydrogens is 336 g/mol. The number of carbonyl (C=O) groups is 3. The molecule has 0 heterocycles. The van der Waals surface area contributed by atoms with Crippen LogP contribution in [0.15, 0.2) is 54.6 Å². The van der Waals surface area contributed by atoms with E-state index >= 15 is 0 Å². The van der Waals surface area contributed by atoms with Crippen LogP contribution in [-0.2, 0) is 4.79 Å². The quantitative estimate of drug-likeness (QED) is 0.589. The minimum atomic E-state index is -1.77. The average Bonchev–Trinajstić information content (AvgIpc) is 2.82. The number of alkyl halides is 1. The van der Waals surface area contributed by atoms with Gasteiger partial charge in [0.1, 0.15) is 5.78 Å². The number of ketones is 3. The van der Waals surface area contributed by atoms with Crippen LogP contribution in [0.3, 0.4) is 0 Å². The third-order valence-electron chi connectivity index (χ3n) is 4.81. The molecular formula is C21H19ClO3. The summed E-state index contributed by atoms with van der Waals surface area (Å²) in [5, 5.41) is 0. The van der Waals surface area contributed by atoms with Crippen molar-refractivity contribution in [1.29, 1.82) is 0 Å². The van der Waals surface area contributed by atoms with Crippen LogP contribution in [0.5, 0.6) is 0 Å². The Morgan fingerprint density at radius 1 is 0.920 bits per heavy atom. The summed E-state index contributed by atoms with van der Waals surface area (Å²) in [6.07, 6.45) is 0.0522. The van der Waals surface area contributed by atoms with Crippen LogP contribution in [-0.4, -0.2) is 22.2 Å². The summed E-state index contributed by atoms with van der Waals surface area (Å²) in [4.78, 5) is 36.7. The maximum absolute atomic E-state index is 13.0. The van der Waals surface area contributed by atoms with E-state index in [1.165, 1.54) is 0 Å². The molecule has 2 aromatic rings. The molecule has 25 heavy (non-hydrogen) atoms. The second kappa shape index (κ2) is 6.57. The largest absolute Gasteiger partial charge is 0.299 e. The second-order valence-corrected chi connectivity index (χ2v) is 7.30. The summed E-state index contributed by atoms with van der Waals surface area (Å²) in [6, 6.07) is 15.8. The number of hydrogen-bond donors (Lipinski definition) is 0. The standard InChI is InChI=1S/C21H19ClO3/c1-13(2)18(23)12-17(14-8-4-3-5-9-14)21(22)19(24)15-10-6-7-11-16(15)20(21)25/h3-11,13,17H,12H2,1-2H3/t17-/m1/s1. The SMILES string of the molecule is CC(C)C(=O)C[C@H](c1ccccc1)C1(Cl)C(=O)c2ccccc2C1=O. The van der Waals surface area contributed by atoms with Gasteiger partial charge >= 0.3 is 0 Å². The first-order valence-electron chi connectivity index (χ1n) is 8.32.